The van der Waals surface area contributed by atoms with E-state index in [1.165, 1.54) is 12.8 Å². The van der Waals surface area contributed by atoms with Gasteiger partial charge in [0.2, 0.25) is 0 Å². The third kappa shape index (κ3) is 6.42. The van der Waals surface area contributed by atoms with Gasteiger partial charge in [0, 0.05) is 12.0 Å². The maximum Gasteiger partial charge on any atom is 0.305 e. The molecule has 0 radical (unpaired) electrons. The smallest absolute Gasteiger partial charge is 0.305 e. The number of esters is 1. The van der Waals surface area contributed by atoms with Crippen LogP contribution in [0.3, 0.4) is 0 Å². The molecule has 1 aromatic carbocycles. The van der Waals surface area contributed by atoms with Gasteiger partial charge in [0.1, 0.15) is 11.5 Å². The van der Waals surface area contributed by atoms with Gasteiger partial charge in [-0.2, -0.15) is 0 Å². The Balaban J connectivity index is 2.44. The van der Waals surface area contributed by atoms with Crippen molar-refractivity contribution in [2.24, 2.45) is 0 Å². The summed E-state index contributed by atoms with van der Waals surface area (Å²) in [5.41, 5.74) is 1.05. The van der Waals surface area contributed by atoms with Crippen LogP contribution in [0.25, 0.3) is 0 Å². The van der Waals surface area contributed by atoms with Crippen molar-refractivity contribution < 1.29 is 19.7 Å². The maximum atomic E-state index is 11.8. The number of phenols is 2. The van der Waals surface area contributed by atoms with Crippen molar-refractivity contribution in [3.63, 3.8) is 0 Å². The fourth-order valence-corrected chi connectivity index (χ4v) is 2.87. The van der Waals surface area contributed by atoms with Crippen molar-refractivity contribution in [2.75, 3.05) is 6.61 Å². The number of benzene rings is 1. The molecule has 4 heteroatoms. The van der Waals surface area contributed by atoms with Gasteiger partial charge in [0.15, 0.2) is 0 Å². The van der Waals surface area contributed by atoms with Gasteiger partial charge >= 0.3 is 5.97 Å². The van der Waals surface area contributed by atoms with E-state index in [-0.39, 0.29) is 22.9 Å². The number of ether oxygens (including phenoxy) is 1. The van der Waals surface area contributed by atoms with Gasteiger partial charge in [-0.05, 0) is 49.3 Å². The van der Waals surface area contributed by atoms with Crippen LogP contribution in [0, 0.1) is 6.92 Å². The molecule has 0 saturated heterocycles. The average Bonchev–Trinajstić information content (AvgIpc) is 2.50. The van der Waals surface area contributed by atoms with Crippen molar-refractivity contribution in [1.29, 1.82) is 0 Å². The van der Waals surface area contributed by atoms with E-state index >= 15 is 0 Å². The van der Waals surface area contributed by atoms with Gasteiger partial charge < -0.3 is 14.9 Å². The molecule has 0 saturated carbocycles. The second-order valence-corrected chi connectivity index (χ2v) is 7.18. The minimum Gasteiger partial charge on any atom is -0.508 e. The number of carbonyl (C=O) groups is 1. The number of unbranched alkanes of at least 4 members (excludes halogenated alkanes) is 3. The van der Waals surface area contributed by atoms with E-state index in [4.69, 9.17) is 4.74 Å². The predicted molar refractivity (Wildman–Crippen MR) is 96.5 cm³/mol. The summed E-state index contributed by atoms with van der Waals surface area (Å²) in [6.45, 7) is 8.45. The highest BCUT2D eigenvalue weighted by Gasteiger charge is 2.25. The van der Waals surface area contributed by atoms with Crippen molar-refractivity contribution in [3.8, 4) is 11.5 Å². The number of hydrogen-bond donors (Lipinski definition) is 2. The first-order valence-electron chi connectivity index (χ1n) is 8.96. The molecule has 0 aliphatic rings. The molecule has 0 aromatic heterocycles. The summed E-state index contributed by atoms with van der Waals surface area (Å²) in [5.74, 6) is 0.217. The fourth-order valence-electron chi connectivity index (χ4n) is 2.87. The standard InChI is InChI=1S/C20H32O4/c1-5-6-7-8-12-24-18(22)10-9-11-20(3,4)17-14-16(21)13-15(2)19(17)23/h13-14,21,23H,5-12H2,1-4H3. The number of rotatable bonds is 10. The first-order valence-corrected chi connectivity index (χ1v) is 8.96. The summed E-state index contributed by atoms with van der Waals surface area (Å²) < 4.78 is 5.24. The largest absolute Gasteiger partial charge is 0.508 e. The van der Waals surface area contributed by atoms with E-state index in [0.717, 1.165) is 19.3 Å². The highest BCUT2D eigenvalue weighted by molar-refractivity contribution is 5.69. The monoisotopic (exact) mass is 336 g/mol. The highest BCUT2D eigenvalue weighted by atomic mass is 16.5. The number of hydrogen-bond acceptors (Lipinski definition) is 4. The summed E-state index contributed by atoms with van der Waals surface area (Å²) in [5, 5.41) is 20.0. The lowest BCUT2D eigenvalue weighted by Crippen LogP contribution is -2.18. The lowest BCUT2D eigenvalue weighted by molar-refractivity contribution is -0.143. The topological polar surface area (TPSA) is 66.8 Å². The van der Waals surface area contributed by atoms with Gasteiger partial charge in [0.25, 0.3) is 0 Å². The molecule has 0 bridgehead atoms. The third-order valence-electron chi connectivity index (χ3n) is 4.46. The first-order chi connectivity index (χ1) is 11.3. The van der Waals surface area contributed by atoms with Crippen LogP contribution in [-0.4, -0.2) is 22.8 Å². The van der Waals surface area contributed by atoms with Gasteiger partial charge in [-0.3, -0.25) is 4.79 Å². The molecule has 0 aliphatic heterocycles. The Morgan fingerprint density at radius 1 is 1.12 bits per heavy atom. The fraction of sp³-hybridized carbons (Fsp3) is 0.650. The molecule has 24 heavy (non-hydrogen) atoms. The van der Waals surface area contributed by atoms with Crippen LogP contribution >= 0.6 is 0 Å². The van der Waals surface area contributed by atoms with Crippen LogP contribution in [0.15, 0.2) is 12.1 Å². The Hall–Kier alpha value is -1.71. The van der Waals surface area contributed by atoms with Crippen LogP contribution in [0.4, 0.5) is 0 Å². The highest BCUT2D eigenvalue weighted by Crippen LogP contribution is 2.39. The molecule has 4 nitrogen and oxygen atoms in total. The van der Waals surface area contributed by atoms with Crippen LogP contribution in [0.1, 0.15) is 76.8 Å². The minimum atomic E-state index is -0.324. The summed E-state index contributed by atoms with van der Waals surface area (Å²) in [6, 6.07) is 3.15. The number of aromatic hydroxyl groups is 2. The zero-order valence-electron chi connectivity index (χ0n) is 15.5. The Morgan fingerprint density at radius 2 is 1.83 bits per heavy atom. The summed E-state index contributed by atoms with van der Waals surface area (Å²) in [7, 11) is 0. The molecule has 0 heterocycles. The van der Waals surface area contributed by atoms with Crippen molar-refractivity contribution >= 4 is 5.97 Å². The molecule has 0 atom stereocenters. The lowest BCUT2D eigenvalue weighted by atomic mass is 9.79. The zero-order valence-corrected chi connectivity index (χ0v) is 15.5. The zero-order chi connectivity index (χ0) is 18.2. The van der Waals surface area contributed by atoms with Crippen molar-refractivity contribution in [3.05, 3.63) is 23.3 Å². The third-order valence-corrected chi connectivity index (χ3v) is 4.46. The molecule has 136 valence electrons. The summed E-state index contributed by atoms with van der Waals surface area (Å²) in [4.78, 5) is 11.8. The number of carbonyl (C=O) groups excluding carboxylic acids is 1. The van der Waals surface area contributed by atoms with Gasteiger partial charge in [-0.1, -0.05) is 40.0 Å². The van der Waals surface area contributed by atoms with Gasteiger partial charge in [0.05, 0.1) is 6.61 Å². The molecule has 2 N–H and O–H groups in total. The molecule has 0 spiro atoms. The van der Waals surface area contributed by atoms with E-state index in [1.807, 2.05) is 13.8 Å². The SMILES string of the molecule is CCCCCCOC(=O)CCCC(C)(C)c1cc(O)cc(C)c1O. The van der Waals surface area contributed by atoms with Crippen LogP contribution in [0.5, 0.6) is 11.5 Å². The maximum absolute atomic E-state index is 11.8. The quantitative estimate of drug-likeness (QED) is 0.359. The summed E-state index contributed by atoms with van der Waals surface area (Å²) >= 11 is 0. The van der Waals surface area contributed by atoms with Crippen molar-refractivity contribution in [1.82, 2.24) is 0 Å². The Bertz CT molecular complexity index is 535. The van der Waals surface area contributed by atoms with Crippen LogP contribution in [0.2, 0.25) is 0 Å². The Morgan fingerprint density at radius 3 is 2.50 bits per heavy atom. The molecule has 1 rings (SSSR count). The van der Waals surface area contributed by atoms with E-state index in [0.29, 0.717) is 30.6 Å². The molecule has 1 aromatic rings. The van der Waals surface area contributed by atoms with Gasteiger partial charge in [-0.25, -0.2) is 0 Å². The van der Waals surface area contributed by atoms with Gasteiger partial charge in [-0.15, -0.1) is 0 Å². The number of aryl methyl sites for hydroxylation is 1. The minimum absolute atomic E-state index is 0.153. The first kappa shape index (κ1) is 20.3. The van der Waals surface area contributed by atoms with E-state index < -0.39 is 0 Å². The molecular weight excluding hydrogens is 304 g/mol. The summed E-state index contributed by atoms with van der Waals surface area (Å²) in [6.07, 6.45) is 6.19. The molecule has 0 aliphatic carbocycles. The lowest BCUT2D eigenvalue weighted by Gasteiger charge is -2.27. The second kappa shape index (κ2) is 9.55. The van der Waals surface area contributed by atoms with E-state index in [1.54, 1.807) is 19.1 Å². The molecule has 0 fully saturated rings. The van der Waals surface area contributed by atoms with Crippen LogP contribution in [-0.2, 0) is 14.9 Å². The Labute approximate surface area is 145 Å². The Kier molecular flexibility index (Phi) is 8.09. The van der Waals surface area contributed by atoms with Crippen LogP contribution < -0.4 is 0 Å². The molecule has 0 unspecified atom stereocenters. The van der Waals surface area contributed by atoms with E-state index in [9.17, 15) is 15.0 Å². The van der Waals surface area contributed by atoms with E-state index in [2.05, 4.69) is 6.92 Å². The van der Waals surface area contributed by atoms with Crippen molar-refractivity contribution in [2.45, 2.75) is 78.1 Å². The second-order valence-electron chi connectivity index (χ2n) is 7.18. The molecule has 0 amide bonds. The number of phenolic OH excluding ortho intramolecular Hbond substituents is 2. The predicted octanol–water partition coefficient (Wildman–Crippen LogP) is 4.98. The average molecular weight is 336 g/mol. The molecular formula is C20H32O4. The normalized spacial score (nSPS) is 11.5.